The molecule has 0 saturated carbocycles. The number of rotatable bonds is 6. The van der Waals surface area contributed by atoms with Gasteiger partial charge in [-0.05, 0) is 44.2 Å². The second-order valence-corrected chi connectivity index (χ2v) is 8.44. The van der Waals surface area contributed by atoms with Crippen molar-refractivity contribution in [3.05, 3.63) is 90.4 Å². The fourth-order valence-electron chi connectivity index (χ4n) is 3.87. The van der Waals surface area contributed by atoms with Gasteiger partial charge in [0.2, 0.25) is 0 Å². The monoisotopic (exact) mass is 482 g/mol. The first kappa shape index (κ1) is 23.4. The molecule has 0 unspecified atom stereocenters. The largest absolute Gasteiger partial charge is 0.497 e. The summed E-state index contributed by atoms with van der Waals surface area (Å²) in [6.45, 7) is 3.56. The second kappa shape index (κ2) is 9.64. The van der Waals surface area contributed by atoms with Gasteiger partial charge in [-0.15, -0.1) is 0 Å². The van der Waals surface area contributed by atoms with E-state index in [0.717, 1.165) is 11.3 Å². The molecule has 0 radical (unpaired) electrons. The van der Waals surface area contributed by atoms with Gasteiger partial charge < -0.3 is 14.2 Å². The van der Waals surface area contributed by atoms with Crippen LogP contribution in [0.15, 0.2) is 63.5 Å². The lowest BCUT2D eigenvalue weighted by molar-refractivity contribution is -0.139. The topological polar surface area (TPSA) is 79.1 Å². The Morgan fingerprint density at radius 1 is 1.21 bits per heavy atom. The first-order chi connectivity index (χ1) is 16.4. The van der Waals surface area contributed by atoms with Crippen LogP contribution in [0, 0.1) is 5.82 Å². The number of hydrogen-bond donors (Lipinski definition) is 0. The molecule has 0 bridgehead atoms. The number of halogens is 1. The Labute approximate surface area is 199 Å². The van der Waals surface area contributed by atoms with Gasteiger partial charge in [-0.25, -0.2) is 14.2 Å². The van der Waals surface area contributed by atoms with Gasteiger partial charge in [0.15, 0.2) is 4.80 Å². The molecule has 0 aliphatic carbocycles. The van der Waals surface area contributed by atoms with Gasteiger partial charge in [0, 0.05) is 11.1 Å². The highest BCUT2D eigenvalue weighted by molar-refractivity contribution is 7.07. The summed E-state index contributed by atoms with van der Waals surface area (Å²) in [4.78, 5) is 31.5. The zero-order chi connectivity index (χ0) is 24.4. The zero-order valence-corrected chi connectivity index (χ0v) is 19.9. The van der Waals surface area contributed by atoms with E-state index < -0.39 is 23.4 Å². The van der Waals surface area contributed by atoms with Gasteiger partial charge in [-0.3, -0.25) is 9.36 Å². The highest BCUT2D eigenvalue weighted by Gasteiger charge is 2.35. The number of esters is 1. The van der Waals surface area contributed by atoms with E-state index in [9.17, 15) is 14.0 Å². The predicted octanol–water partition coefficient (Wildman–Crippen LogP) is 2.95. The maximum atomic E-state index is 14.3. The molecule has 1 atom stereocenters. The number of aromatic nitrogens is 1. The molecule has 0 N–H and O–H groups in total. The normalized spacial score (nSPS) is 15.6. The van der Waals surface area contributed by atoms with Crippen LogP contribution in [0.4, 0.5) is 4.39 Å². The van der Waals surface area contributed by atoms with E-state index in [-0.39, 0.29) is 22.3 Å². The minimum absolute atomic E-state index is 0.162. The number of methoxy groups -OCH3 is 2. The molecule has 0 fully saturated rings. The van der Waals surface area contributed by atoms with E-state index in [1.54, 1.807) is 50.2 Å². The summed E-state index contributed by atoms with van der Waals surface area (Å²) in [6, 6.07) is 10.5. The lowest BCUT2D eigenvalue weighted by Gasteiger charge is -2.26. The quantitative estimate of drug-likeness (QED) is 0.505. The molecule has 0 amide bonds. The number of benzene rings is 2. The van der Waals surface area contributed by atoms with Gasteiger partial charge >= 0.3 is 5.97 Å². The van der Waals surface area contributed by atoms with Crippen molar-refractivity contribution in [1.29, 1.82) is 0 Å². The number of allylic oxidation sites excluding steroid dienone is 1. The highest BCUT2D eigenvalue weighted by atomic mass is 32.1. The van der Waals surface area contributed by atoms with Crippen LogP contribution in [0.3, 0.4) is 0 Å². The van der Waals surface area contributed by atoms with E-state index >= 15 is 0 Å². The molecule has 1 aliphatic rings. The van der Waals surface area contributed by atoms with Crippen molar-refractivity contribution in [1.82, 2.24) is 4.57 Å². The van der Waals surface area contributed by atoms with E-state index in [4.69, 9.17) is 14.2 Å². The molecule has 2 heterocycles. The second-order valence-electron chi connectivity index (χ2n) is 7.43. The number of hydrogen-bond acceptors (Lipinski definition) is 7. The molecule has 4 rings (SSSR count). The first-order valence-electron chi connectivity index (χ1n) is 10.6. The van der Waals surface area contributed by atoms with Crippen molar-refractivity contribution in [3.8, 4) is 11.5 Å². The lowest BCUT2D eigenvalue weighted by Crippen LogP contribution is -2.40. The van der Waals surface area contributed by atoms with Gasteiger partial charge in [0.1, 0.15) is 23.4 Å². The molecule has 7 nitrogen and oxygen atoms in total. The van der Waals surface area contributed by atoms with E-state index in [0.29, 0.717) is 27.6 Å². The average molecular weight is 483 g/mol. The Balaban J connectivity index is 2.03. The molecule has 0 spiro atoms. The number of fused-ring (bicyclic) bond motifs is 1. The summed E-state index contributed by atoms with van der Waals surface area (Å²) in [6.07, 6.45) is 1.49. The third-order valence-corrected chi connectivity index (χ3v) is 6.42. The van der Waals surface area contributed by atoms with E-state index in [1.165, 1.54) is 30.9 Å². The van der Waals surface area contributed by atoms with Crippen molar-refractivity contribution >= 4 is 23.4 Å². The smallest absolute Gasteiger partial charge is 0.338 e. The predicted molar refractivity (Wildman–Crippen MR) is 126 cm³/mol. The lowest BCUT2D eigenvalue weighted by atomic mass is 9.94. The van der Waals surface area contributed by atoms with E-state index in [2.05, 4.69) is 4.99 Å². The molecule has 176 valence electrons. The van der Waals surface area contributed by atoms with Gasteiger partial charge in [-0.1, -0.05) is 29.5 Å². The van der Waals surface area contributed by atoms with Crippen molar-refractivity contribution in [2.24, 2.45) is 4.99 Å². The first-order valence-corrected chi connectivity index (χ1v) is 11.4. The van der Waals surface area contributed by atoms with Crippen molar-refractivity contribution < 1.29 is 23.4 Å². The molecule has 1 aromatic heterocycles. The molecule has 3 aromatic rings. The summed E-state index contributed by atoms with van der Waals surface area (Å²) < 4.78 is 32.2. The minimum Gasteiger partial charge on any atom is -0.497 e. The fraction of sp³-hybridized carbons (Fsp3) is 0.240. The molecule has 34 heavy (non-hydrogen) atoms. The molecule has 2 aromatic carbocycles. The maximum Gasteiger partial charge on any atom is 0.338 e. The minimum atomic E-state index is -0.872. The highest BCUT2D eigenvalue weighted by Crippen LogP contribution is 2.37. The summed E-state index contributed by atoms with van der Waals surface area (Å²) in [5.74, 6) is -0.0297. The van der Waals surface area contributed by atoms with Crippen LogP contribution in [0.2, 0.25) is 0 Å². The van der Waals surface area contributed by atoms with Crippen molar-refractivity contribution in [2.45, 2.75) is 19.9 Å². The number of nitrogens with zero attached hydrogens (tertiary/aromatic N) is 2. The summed E-state index contributed by atoms with van der Waals surface area (Å²) >= 11 is 1.12. The van der Waals surface area contributed by atoms with Crippen molar-refractivity contribution in [3.63, 3.8) is 0 Å². The average Bonchev–Trinajstić information content (AvgIpc) is 3.13. The Morgan fingerprint density at radius 3 is 2.65 bits per heavy atom. The van der Waals surface area contributed by atoms with Crippen LogP contribution in [-0.4, -0.2) is 31.4 Å². The number of carbonyl (C=O) groups excluding carboxylic acids is 1. The Kier molecular flexibility index (Phi) is 6.65. The van der Waals surface area contributed by atoms with Crippen LogP contribution >= 0.6 is 11.3 Å². The summed E-state index contributed by atoms with van der Waals surface area (Å²) in [5.41, 5.74) is 1.06. The maximum absolute atomic E-state index is 14.3. The van der Waals surface area contributed by atoms with Gasteiger partial charge in [0.25, 0.3) is 5.56 Å². The zero-order valence-electron chi connectivity index (χ0n) is 19.1. The Bertz CT molecular complexity index is 1470. The van der Waals surface area contributed by atoms with E-state index in [1.807, 2.05) is 0 Å². The van der Waals surface area contributed by atoms with Crippen LogP contribution in [-0.2, 0) is 9.53 Å². The van der Waals surface area contributed by atoms with Crippen LogP contribution < -0.4 is 24.4 Å². The number of thiazole rings is 1. The third kappa shape index (κ3) is 4.14. The standard InChI is InChI=1S/C25H23FN2O5S/c1-5-33-24(30)21-14(2)27-25-28(22(21)17-13-16(31-3)10-11-19(17)32-4)23(29)20(34-25)12-15-8-6-7-9-18(15)26/h6-13,22H,5H2,1-4H3/b20-12-/t22-/m1/s1. The van der Waals surface area contributed by atoms with Crippen LogP contribution in [0.5, 0.6) is 11.5 Å². The number of ether oxygens (including phenoxy) is 3. The van der Waals surface area contributed by atoms with Crippen LogP contribution in [0.1, 0.15) is 31.0 Å². The molecular weight excluding hydrogens is 459 g/mol. The number of carbonyl (C=O) groups is 1. The van der Waals surface area contributed by atoms with Gasteiger partial charge in [-0.2, -0.15) is 0 Å². The molecule has 1 aliphatic heterocycles. The Hall–Kier alpha value is -3.72. The molecule has 9 heteroatoms. The molecular formula is C25H23FN2O5S. The third-order valence-electron chi connectivity index (χ3n) is 5.44. The fourth-order valence-corrected chi connectivity index (χ4v) is 4.91. The van der Waals surface area contributed by atoms with Crippen molar-refractivity contribution in [2.75, 3.05) is 20.8 Å². The summed E-state index contributed by atoms with van der Waals surface area (Å²) in [5, 5.41) is 0. The Morgan fingerprint density at radius 2 is 1.97 bits per heavy atom. The summed E-state index contributed by atoms with van der Waals surface area (Å²) in [7, 11) is 3.03. The molecule has 0 saturated heterocycles. The SMILES string of the molecule is CCOC(=O)C1=C(C)N=c2s/c(=C\c3ccccc3F)c(=O)n2[C@@H]1c1cc(OC)ccc1OC. The van der Waals surface area contributed by atoms with Gasteiger partial charge in [0.05, 0.1) is 36.6 Å². The van der Waals surface area contributed by atoms with Crippen LogP contribution in [0.25, 0.3) is 6.08 Å².